The van der Waals surface area contributed by atoms with Crippen molar-refractivity contribution >= 4 is 54.5 Å². The second kappa shape index (κ2) is 20.6. The Kier molecular flexibility index (Phi) is 14.1. The monoisotopic (exact) mass is 1170 g/mol. The molecule has 5 nitrogen and oxygen atoms in total. The molecule has 6 heteroatoms. The van der Waals surface area contributed by atoms with Crippen molar-refractivity contribution in [2.24, 2.45) is 0 Å². The topological polar surface area (TPSA) is 56.7 Å². The number of hydrogen-bond acceptors (Lipinski definition) is 4. The van der Waals surface area contributed by atoms with Gasteiger partial charge in [0.25, 0.3) is 0 Å². The molecule has 76 heavy (non-hydrogen) atoms. The summed E-state index contributed by atoms with van der Waals surface area (Å²) < 4.78 is 9.29. The fourth-order valence-electron chi connectivity index (χ4n) is 10.5. The maximum atomic E-state index is 6.90. The summed E-state index contributed by atoms with van der Waals surface area (Å²) in [7, 11) is 0. The molecule has 9 aromatic carbocycles. The van der Waals surface area contributed by atoms with Gasteiger partial charge in [0.15, 0.2) is 0 Å². The summed E-state index contributed by atoms with van der Waals surface area (Å²) in [4.78, 5) is 14.2. The van der Waals surface area contributed by atoms with E-state index < -0.39 is 0 Å². The molecule has 0 saturated heterocycles. The number of hydrogen-bond donors (Lipinski definition) is 0. The summed E-state index contributed by atoms with van der Waals surface area (Å²) in [6.45, 7) is 24.7. The summed E-state index contributed by atoms with van der Waals surface area (Å²) in [5.74, 6) is 2.06. The van der Waals surface area contributed by atoms with Crippen LogP contribution in [-0.2, 0) is 30.9 Å². The van der Waals surface area contributed by atoms with Crippen LogP contribution in [-0.4, -0.2) is 19.5 Å². The van der Waals surface area contributed by atoms with Crippen molar-refractivity contribution in [3.63, 3.8) is 0 Å². The fraction of sp³-hybridized carbons (Fsp3) is 0.214. The zero-order valence-electron chi connectivity index (χ0n) is 45.4. The van der Waals surface area contributed by atoms with Gasteiger partial charge >= 0.3 is 0 Å². The van der Waals surface area contributed by atoms with E-state index in [1.54, 1.807) is 0 Å². The van der Waals surface area contributed by atoms with Crippen LogP contribution in [0.5, 0.6) is 0 Å². The number of benzene rings is 9. The Balaban J connectivity index is 0.000000331. The first-order valence-electron chi connectivity index (χ1n) is 26.4. The van der Waals surface area contributed by atoms with Gasteiger partial charge < -0.3 is 8.98 Å². The van der Waals surface area contributed by atoms with E-state index in [2.05, 4.69) is 236 Å². The van der Waals surface area contributed by atoms with Crippen LogP contribution in [0.25, 0.3) is 105 Å². The van der Waals surface area contributed by atoms with Crippen molar-refractivity contribution in [1.82, 2.24) is 19.5 Å². The van der Waals surface area contributed by atoms with Gasteiger partial charge in [0.05, 0.1) is 28.3 Å². The van der Waals surface area contributed by atoms with Crippen LogP contribution in [0.15, 0.2) is 180 Å². The molecular formula is C70H64IrN4O-2. The Morgan fingerprint density at radius 2 is 1.25 bits per heavy atom. The number of rotatable bonds is 7. The molecule has 3 heterocycles. The standard InChI is InChI=1S/C56H49N2O.C14H15N2.Ir/c1-33(2)46-30-40(36-20-22-38(23-21-36)42-27-26-41(28-35(42)5)56(6,7)8)31-47(34(3)4)53(46)58-51-19-12-11-18-50(51)57-55(58)45-17-13-16-44-49-29-39-25-24-37-14-9-10-15-43(37)48(39)32-52(49)59-54(44)45;1-14(2,3)12-9-10-15-13(16-12)11-7-5-4-6-8-11;/h9-16,18-34H,1-8H3;4-7,9-10H,1-3H3;/q2*-1;. The van der Waals surface area contributed by atoms with Crippen LogP contribution >= 0.6 is 0 Å². The van der Waals surface area contributed by atoms with E-state index in [1.807, 2.05) is 42.6 Å². The van der Waals surface area contributed by atoms with Crippen LogP contribution in [0.1, 0.15) is 109 Å². The first-order valence-corrected chi connectivity index (χ1v) is 26.4. The molecule has 0 saturated carbocycles. The molecule has 1 radical (unpaired) electrons. The molecule has 12 aromatic rings. The van der Waals surface area contributed by atoms with Gasteiger partial charge in [0.1, 0.15) is 5.58 Å². The SMILES string of the molecule is CC(C)(C)c1ccnc(-c2[c-]cccc2)n1.Cc1cc(C(C)(C)C)ccc1-c1ccc(-c2cc(C(C)C)c(-n3c(-c4[c-]ccc5c4oc4cc6c(ccc7ccccc76)cc45)nc4ccccc43)c(C(C)C)c2)cc1.[Ir]. The van der Waals surface area contributed by atoms with E-state index in [0.29, 0.717) is 0 Å². The van der Waals surface area contributed by atoms with E-state index in [1.165, 1.54) is 71.7 Å². The Morgan fingerprint density at radius 3 is 1.95 bits per heavy atom. The first-order chi connectivity index (χ1) is 36.0. The van der Waals surface area contributed by atoms with Gasteiger partial charge in [-0.1, -0.05) is 171 Å². The van der Waals surface area contributed by atoms with Gasteiger partial charge in [-0.3, -0.25) is 15.0 Å². The van der Waals surface area contributed by atoms with Gasteiger partial charge in [-0.15, -0.1) is 54.1 Å². The molecule has 0 bridgehead atoms. The molecular weight excluding hydrogens is 1110 g/mol. The largest absolute Gasteiger partial charge is 0.501 e. The minimum absolute atomic E-state index is 0. The number of para-hydroxylation sites is 2. The van der Waals surface area contributed by atoms with E-state index in [4.69, 9.17) is 9.40 Å². The van der Waals surface area contributed by atoms with Gasteiger partial charge in [0, 0.05) is 48.5 Å². The third kappa shape index (κ3) is 9.81. The summed E-state index contributed by atoms with van der Waals surface area (Å²) in [6, 6.07) is 67.5. The third-order valence-corrected chi connectivity index (χ3v) is 14.7. The number of nitrogens with zero attached hydrogens (tertiary/aromatic N) is 4. The minimum Gasteiger partial charge on any atom is -0.501 e. The van der Waals surface area contributed by atoms with Crippen molar-refractivity contribution in [2.75, 3.05) is 0 Å². The Morgan fingerprint density at radius 1 is 0.553 bits per heavy atom. The van der Waals surface area contributed by atoms with E-state index in [0.717, 1.165) is 61.4 Å². The Bertz CT molecular complexity index is 4060. The molecule has 12 rings (SSSR count). The van der Waals surface area contributed by atoms with Crippen LogP contribution in [0.4, 0.5) is 0 Å². The van der Waals surface area contributed by atoms with Crippen LogP contribution in [0, 0.1) is 19.1 Å². The zero-order valence-corrected chi connectivity index (χ0v) is 47.8. The second-order valence-electron chi connectivity index (χ2n) is 22.8. The molecule has 0 aliphatic rings. The zero-order chi connectivity index (χ0) is 52.3. The van der Waals surface area contributed by atoms with Gasteiger partial charge in [-0.05, 0) is 133 Å². The van der Waals surface area contributed by atoms with Crippen molar-refractivity contribution < 1.29 is 24.5 Å². The third-order valence-electron chi connectivity index (χ3n) is 14.7. The molecule has 0 unspecified atom stereocenters. The predicted molar refractivity (Wildman–Crippen MR) is 315 cm³/mol. The van der Waals surface area contributed by atoms with Crippen LogP contribution in [0.3, 0.4) is 0 Å². The predicted octanol–water partition coefficient (Wildman–Crippen LogP) is 19.1. The molecule has 381 valence electrons. The first kappa shape index (κ1) is 52.0. The number of aryl methyl sites for hydroxylation is 1. The van der Waals surface area contributed by atoms with Gasteiger partial charge in [-0.2, -0.15) is 0 Å². The maximum absolute atomic E-state index is 6.90. The Hall–Kier alpha value is -7.50. The minimum atomic E-state index is 0. The van der Waals surface area contributed by atoms with Crippen molar-refractivity contribution in [1.29, 1.82) is 0 Å². The number of furan rings is 1. The van der Waals surface area contributed by atoms with Gasteiger partial charge in [0.2, 0.25) is 0 Å². The quantitative estimate of drug-likeness (QED) is 0.118. The number of aromatic nitrogens is 4. The van der Waals surface area contributed by atoms with Gasteiger partial charge in [-0.25, -0.2) is 0 Å². The normalized spacial score (nSPS) is 12.0. The summed E-state index contributed by atoms with van der Waals surface area (Å²) in [5, 5.41) is 7.00. The summed E-state index contributed by atoms with van der Waals surface area (Å²) in [5.41, 5.74) is 18.1. The fourth-order valence-corrected chi connectivity index (χ4v) is 10.5. The maximum Gasteiger partial charge on any atom is 0.121 e. The van der Waals surface area contributed by atoms with Crippen molar-refractivity contribution in [3.05, 3.63) is 216 Å². The Labute approximate surface area is 461 Å². The molecule has 0 atom stereocenters. The summed E-state index contributed by atoms with van der Waals surface area (Å²) in [6.07, 6.45) is 1.81. The summed E-state index contributed by atoms with van der Waals surface area (Å²) >= 11 is 0. The smallest absolute Gasteiger partial charge is 0.121 e. The number of imidazole rings is 1. The van der Waals surface area contributed by atoms with E-state index in [9.17, 15) is 0 Å². The van der Waals surface area contributed by atoms with Crippen LogP contribution in [0.2, 0.25) is 0 Å². The average Bonchev–Trinajstić information content (AvgIpc) is 3.99. The van der Waals surface area contributed by atoms with Crippen molar-refractivity contribution in [3.8, 4) is 50.7 Å². The van der Waals surface area contributed by atoms with E-state index in [-0.39, 0.29) is 42.8 Å². The molecule has 0 spiro atoms. The molecule has 0 amide bonds. The molecule has 3 aromatic heterocycles. The second-order valence-corrected chi connectivity index (χ2v) is 22.8. The molecule has 0 aliphatic heterocycles. The molecule has 0 aliphatic carbocycles. The molecule has 0 N–H and O–H groups in total. The molecule has 0 fully saturated rings. The number of fused-ring (bicyclic) bond motifs is 7. The average molecular weight is 1170 g/mol. The van der Waals surface area contributed by atoms with E-state index >= 15 is 0 Å². The van der Waals surface area contributed by atoms with Crippen molar-refractivity contribution in [2.45, 2.75) is 98.8 Å². The van der Waals surface area contributed by atoms with Crippen LogP contribution < -0.4 is 0 Å².